The van der Waals surface area contributed by atoms with Gasteiger partial charge in [-0.3, -0.25) is 4.79 Å². The van der Waals surface area contributed by atoms with Crippen LogP contribution in [0.15, 0.2) is 24.3 Å². The molecule has 152 valence electrons. The molecule has 0 aliphatic heterocycles. The number of para-hydroxylation sites is 1. The van der Waals surface area contributed by atoms with E-state index in [2.05, 4.69) is 26.1 Å². The van der Waals surface area contributed by atoms with Crippen LogP contribution >= 0.6 is 0 Å². The van der Waals surface area contributed by atoms with Crippen LogP contribution in [0.1, 0.15) is 73.4 Å². The molecule has 1 amide bonds. The van der Waals surface area contributed by atoms with Crippen LogP contribution in [0.5, 0.6) is 5.75 Å². The molecule has 1 N–H and O–H groups in total. The zero-order valence-electron chi connectivity index (χ0n) is 17.7. The molecule has 1 aromatic carbocycles. The van der Waals surface area contributed by atoms with Gasteiger partial charge in [0.15, 0.2) is 5.69 Å². The van der Waals surface area contributed by atoms with E-state index in [0.717, 1.165) is 47.2 Å². The summed E-state index contributed by atoms with van der Waals surface area (Å²) in [4.78, 5) is 13.3. The third kappa shape index (κ3) is 4.64. The lowest BCUT2D eigenvalue weighted by atomic mass is 10.0. The fourth-order valence-corrected chi connectivity index (χ4v) is 3.36. The highest BCUT2D eigenvalue weighted by Crippen LogP contribution is 2.27. The molecule has 0 fully saturated rings. The summed E-state index contributed by atoms with van der Waals surface area (Å²) in [6.07, 6.45) is 3.98. The van der Waals surface area contributed by atoms with E-state index in [1.54, 1.807) is 13.0 Å². The van der Waals surface area contributed by atoms with E-state index in [1.807, 2.05) is 25.1 Å². The molecular weight excluding hydrogens is 352 g/mol. The minimum atomic E-state index is -0.288. The van der Waals surface area contributed by atoms with Gasteiger partial charge >= 0.3 is 0 Å². The quantitative estimate of drug-likeness (QED) is 0.385. The van der Waals surface area contributed by atoms with Gasteiger partial charge in [0.1, 0.15) is 11.3 Å². The van der Waals surface area contributed by atoms with Gasteiger partial charge < -0.3 is 15.3 Å². The second kappa shape index (κ2) is 10.1. The van der Waals surface area contributed by atoms with Gasteiger partial charge in [0.05, 0.1) is 6.61 Å². The van der Waals surface area contributed by atoms with E-state index in [0.29, 0.717) is 35.7 Å². The Balaban J connectivity index is 2.51. The first-order valence-electron chi connectivity index (χ1n) is 10.3. The minimum absolute atomic E-state index is 0.288. The van der Waals surface area contributed by atoms with E-state index in [4.69, 9.17) is 4.74 Å². The lowest BCUT2D eigenvalue weighted by molar-refractivity contribution is -0.620. The number of amides is 1. The molecule has 1 heterocycles. The van der Waals surface area contributed by atoms with Crippen LogP contribution in [0.2, 0.25) is 0 Å². The summed E-state index contributed by atoms with van der Waals surface area (Å²) in [6, 6.07) is 7.74. The van der Waals surface area contributed by atoms with Crippen molar-refractivity contribution in [3.63, 3.8) is 0 Å². The van der Waals surface area contributed by atoms with Gasteiger partial charge in [0, 0.05) is 25.1 Å². The fraction of sp³-hybridized carbons (Fsp3) is 0.478. The molecule has 28 heavy (non-hydrogen) atoms. The number of benzene rings is 1. The number of anilines is 1. The Labute approximate surface area is 168 Å². The molecule has 0 aliphatic carbocycles. The summed E-state index contributed by atoms with van der Waals surface area (Å²) in [5.74, 6) is 0.197. The van der Waals surface area contributed by atoms with Crippen LogP contribution in [0.3, 0.4) is 0 Å². The molecule has 0 saturated carbocycles. The summed E-state index contributed by atoms with van der Waals surface area (Å²) in [7, 11) is 0. The van der Waals surface area contributed by atoms with Crippen molar-refractivity contribution in [2.45, 2.75) is 66.7 Å². The number of nitrogens with one attached hydrogen (secondary N) is 1. The normalized spacial score (nSPS) is 10.8. The van der Waals surface area contributed by atoms with Crippen LogP contribution < -0.4 is 14.8 Å². The number of rotatable bonds is 9. The second-order valence-corrected chi connectivity index (χ2v) is 6.93. The summed E-state index contributed by atoms with van der Waals surface area (Å²) >= 11 is 0. The topological polar surface area (TPSA) is 65.3 Å². The van der Waals surface area contributed by atoms with Crippen molar-refractivity contribution in [2.75, 3.05) is 11.9 Å². The zero-order valence-corrected chi connectivity index (χ0v) is 17.7. The molecule has 0 radical (unpaired) electrons. The number of ether oxygens (including phenoxy) is 1. The Kier molecular flexibility index (Phi) is 7.85. The molecule has 5 heteroatoms. The predicted octanol–water partition coefficient (Wildman–Crippen LogP) is 4.75. The first-order chi connectivity index (χ1) is 13.5. The Hall–Kier alpha value is -2.56. The van der Waals surface area contributed by atoms with Crippen molar-refractivity contribution in [1.29, 1.82) is 0 Å². The van der Waals surface area contributed by atoms with E-state index in [1.165, 1.54) is 0 Å². The number of unbranched alkanes of at least 4 members (excludes halogenated alkanes) is 1. The number of aryl methyl sites for hydroxylation is 3. The van der Waals surface area contributed by atoms with Gasteiger partial charge in [0.25, 0.3) is 5.91 Å². The lowest BCUT2D eigenvalue weighted by Crippen LogP contribution is -2.38. The molecule has 2 rings (SSSR count). The lowest BCUT2D eigenvalue weighted by Gasteiger charge is -2.18. The first-order valence-corrected chi connectivity index (χ1v) is 10.3. The predicted molar refractivity (Wildman–Crippen MR) is 113 cm³/mol. The van der Waals surface area contributed by atoms with Crippen LogP contribution in [0.25, 0.3) is 0 Å². The van der Waals surface area contributed by atoms with Gasteiger partial charge in [-0.15, -0.1) is 0 Å². The van der Waals surface area contributed by atoms with Crippen molar-refractivity contribution >= 4 is 11.6 Å². The standard InChI is InChI=1S/C23H32N2O3/c1-6-10-14-28-20-15-16(5)25(27)19(9-4)21(20)23(26)24-22-17(7-2)12-11-13-18(22)8-3/h11-13,15H,6-10,14H2,1-5H3,(H,24,26). The monoisotopic (exact) mass is 384 g/mol. The SMILES string of the molecule is CCCCOc1cc(C)[n+]([O-])c(CC)c1C(=O)Nc1c(CC)cccc1CC. The van der Waals surface area contributed by atoms with Gasteiger partial charge in [-0.2, -0.15) is 4.73 Å². The molecule has 0 aliphatic rings. The smallest absolute Gasteiger partial charge is 0.265 e. The number of carbonyl (C=O) groups is 1. The van der Waals surface area contributed by atoms with E-state index >= 15 is 0 Å². The van der Waals surface area contributed by atoms with E-state index in [-0.39, 0.29) is 5.91 Å². The summed E-state index contributed by atoms with van der Waals surface area (Å²) in [6.45, 7) is 10.4. The van der Waals surface area contributed by atoms with Crippen LogP contribution in [-0.2, 0) is 19.3 Å². The van der Waals surface area contributed by atoms with Crippen LogP contribution in [0.4, 0.5) is 5.69 Å². The Morgan fingerprint density at radius 3 is 2.29 bits per heavy atom. The number of hydrogen-bond acceptors (Lipinski definition) is 3. The van der Waals surface area contributed by atoms with Gasteiger partial charge in [-0.1, -0.05) is 52.3 Å². The first kappa shape index (κ1) is 21.7. The molecule has 0 bridgehead atoms. The van der Waals surface area contributed by atoms with Gasteiger partial charge in [-0.25, -0.2) is 0 Å². The Bertz CT molecular complexity index is 809. The molecule has 0 atom stereocenters. The molecular formula is C23H32N2O3. The second-order valence-electron chi connectivity index (χ2n) is 6.93. The van der Waals surface area contributed by atoms with Gasteiger partial charge in [-0.05, 0) is 30.4 Å². The number of aromatic nitrogens is 1. The number of pyridine rings is 1. The number of nitrogens with zero attached hydrogens (tertiary/aromatic N) is 1. The van der Waals surface area contributed by atoms with Crippen molar-refractivity contribution in [1.82, 2.24) is 0 Å². The molecule has 0 unspecified atom stereocenters. The highest BCUT2D eigenvalue weighted by molar-refractivity contribution is 6.07. The maximum absolute atomic E-state index is 13.3. The van der Waals surface area contributed by atoms with E-state index < -0.39 is 0 Å². The maximum atomic E-state index is 13.3. The highest BCUT2D eigenvalue weighted by atomic mass is 16.5. The van der Waals surface area contributed by atoms with Crippen molar-refractivity contribution < 1.29 is 14.3 Å². The summed E-state index contributed by atoms with van der Waals surface area (Å²) in [5.41, 5.74) is 4.33. The molecule has 0 saturated heterocycles. The van der Waals surface area contributed by atoms with E-state index in [9.17, 15) is 10.0 Å². The Morgan fingerprint density at radius 2 is 1.75 bits per heavy atom. The van der Waals surface area contributed by atoms with Crippen LogP contribution in [0, 0.1) is 12.1 Å². The molecule has 2 aromatic rings. The summed E-state index contributed by atoms with van der Waals surface area (Å²) in [5, 5.41) is 15.7. The maximum Gasteiger partial charge on any atom is 0.265 e. The molecule has 5 nitrogen and oxygen atoms in total. The summed E-state index contributed by atoms with van der Waals surface area (Å²) < 4.78 is 6.76. The number of carbonyl (C=O) groups excluding carboxylic acids is 1. The third-order valence-electron chi connectivity index (χ3n) is 5.00. The minimum Gasteiger partial charge on any atom is -0.618 e. The highest BCUT2D eigenvalue weighted by Gasteiger charge is 2.27. The average Bonchev–Trinajstić information content (AvgIpc) is 2.70. The number of hydrogen-bond donors (Lipinski definition) is 1. The van der Waals surface area contributed by atoms with Crippen molar-refractivity contribution in [3.8, 4) is 5.75 Å². The Morgan fingerprint density at radius 1 is 1.11 bits per heavy atom. The molecule has 0 spiro atoms. The third-order valence-corrected chi connectivity index (χ3v) is 5.00. The van der Waals surface area contributed by atoms with Gasteiger partial charge in [0.2, 0.25) is 5.69 Å². The molecule has 1 aromatic heterocycles. The fourth-order valence-electron chi connectivity index (χ4n) is 3.36. The zero-order chi connectivity index (χ0) is 20.7. The average molecular weight is 385 g/mol. The van der Waals surface area contributed by atoms with Crippen LogP contribution in [-0.4, -0.2) is 12.5 Å². The van der Waals surface area contributed by atoms with Crippen molar-refractivity contribution in [3.05, 3.63) is 57.6 Å². The largest absolute Gasteiger partial charge is 0.618 e. The van der Waals surface area contributed by atoms with Crippen molar-refractivity contribution in [2.24, 2.45) is 0 Å².